The first-order valence-electron chi connectivity index (χ1n) is 7.10. The molecule has 3 aliphatic rings. The molecule has 1 heteroatoms. The summed E-state index contributed by atoms with van der Waals surface area (Å²) in [5.74, 6) is 3.15. The van der Waals surface area contributed by atoms with Gasteiger partial charge in [-0.2, -0.15) is 0 Å². The molecule has 1 saturated heterocycles. The number of hydrogen-bond acceptors (Lipinski definition) is 1. The fraction of sp³-hybridized carbons (Fsp3) is 1.00. The molecule has 15 heavy (non-hydrogen) atoms. The highest BCUT2D eigenvalue weighted by molar-refractivity contribution is 4.97. The van der Waals surface area contributed by atoms with E-state index in [0.717, 1.165) is 23.8 Å². The topological polar surface area (TPSA) is 3.24 Å². The van der Waals surface area contributed by atoms with Crippen LogP contribution in [0.1, 0.15) is 51.9 Å². The average molecular weight is 207 g/mol. The van der Waals surface area contributed by atoms with Gasteiger partial charge >= 0.3 is 0 Å². The molecule has 1 nitrogen and oxygen atoms in total. The molecule has 1 heterocycles. The van der Waals surface area contributed by atoms with Gasteiger partial charge in [0.05, 0.1) is 0 Å². The highest BCUT2D eigenvalue weighted by atomic mass is 15.2. The second-order valence-corrected chi connectivity index (χ2v) is 6.16. The number of fused-ring (bicyclic) bond motifs is 1. The molecule has 86 valence electrons. The molecule has 0 amide bonds. The summed E-state index contributed by atoms with van der Waals surface area (Å²) in [5, 5.41) is 0. The van der Waals surface area contributed by atoms with Crippen molar-refractivity contribution in [3.8, 4) is 0 Å². The number of likely N-dealkylation sites (tertiary alicyclic amines) is 1. The minimum absolute atomic E-state index is 0.970. The van der Waals surface area contributed by atoms with E-state index in [2.05, 4.69) is 11.8 Å². The Kier molecular flexibility index (Phi) is 2.76. The maximum atomic E-state index is 2.83. The first kappa shape index (κ1) is 10.1. The largest absolute Gasteiger partial charge is 0.300 e. The summed E-state index contributed by atoms with van der Waals surface area (Å²) >= 11 is 0. The summed E-state index contributed by atoms with van der Waals surface area (Å²) in [4.78, 5) is 2.83. The van der Waals surface area contributed by atoms with Crippen LogP contribution >= 0.6 is 0 Å². The van der Waals surface area contributed by atoms with Crippen molar-refractivity contribution in [2.24, 2.45) is 17.8 Å². The lowest BCUT2D eigenvalue weighted by molar-refractivity contribution is 0.130. The van der Waals surface area contributed by atoms with Gasteiger partial charge in [0.1, 0.15) is 0 Å². The maximum Gasteiger partial charge on any atom is 0.0152 e. The van der Waals surface area contributed by atoms with Crippen LogP contribution in [0.5, 0.6) is 0 Å². The van der Waals surface area contributed by atoms with Crippen LogP contribution in [0.25, 0.3) is 0 Å². The van der Waals surface area contributed by atoms with Crippen molar-refractivity contribution in [2.45, 2.75) is 57.9 Å². The molecular formula is C14H25N. The monoisotopic (exact) mass is 207 g/mol. The quantitative estimate of drug-likeness (QED) is 0.637. The van der Waals surface area contributed by atoms with Crippen molar-refractivity contribution in [3.63, 3.8) is 0 Å². The maximum absolute atomic E-state index is 2.83. The van der Waals surface area contributed by atoms with Crippen LogP contribution in [0.3, 0.4) is 0 Å². The molecule has 0 spiro atoms. The summed E-state index contributed by atoms with van der Waals surface area (Å²) in [6, 6.07) is 0.970. The van der Waals surface area contributed by atoms with Crippen LogP contribution in [0.2, 0.25) is 0 Å². The molecular weight excluding hydrogens is 182 g/mol. The molecule has 0 bridgehead atoms. The lowest BCUT2D eigenvalue weighted by Crippen LogP contribution is -2.40. The Hall–Kier alpha value is -0.0400. The summed E-state index contributed by atoms with van der Waals surface area (Å²) < 4.78 is 0. The van der Waals surface area contributed by atoms with E-state index in [0.29, 0.717) is 0 Å². The zero-order valence-electron chi connectivity index (χ0n) is 10.1. The van der Waals surface area contributed by atoms with Gasteiger partial charge in [-0.1, -0.05) is 26.2 Å². The molecule has 0 aromatic carbocycles. The summed E-state index contributed by atoms with van der Waals surface area (Å²) in [5.41, 5.74) is 0. The van der Waals surface area contributed by atoms with E-state index in [4.69, 9.17) is 0 Å². The first-order valence-corrected chi connectivity index (χ1v) is 7.10. The van der Waals surface area contributed by atoms with Gasteiger partial charge in [0.15, 0.2) is 0 Å². The third kappa shape index (κ3) is 1.73. The average Bonchev–Trinajstić information content (AvgIpc) is 2.82. The highest BCUT2D eigenvalue weighted by Crippen LogP contribution is 2.47. The van der Waals surface area contributed by atoms with E-state index in [1.54, 1.807) is 6.42 Å². The van der Waals surface area contributed by atoms with Gasteiger partial charge in [0.25, 0.3) is 0 Å². The van der Waals surface area contributed by atoms with E-state index in [9.17, 15) is 0 Å². The molecule has 0 aromatic heterocycles. The van der Waals surface area contributed by atoms with Gasteiger partial charge < -0.3 is 0 Å². The molecule has 0 radical (unpaired) electrons. The van der Waals surface area contributed by atoms with Gasteiger partial charge in [-0.25, -0.2) is 0 Å². The SMILES string of the molecule is CC1CC2CCCCC2C1N1CCCC1. The van der Waals surface area contributed by atoms with Crippen LogP contribution in [0, 0.1) is 17.8 Å². The highest BCUT2D eigenvalue weighted by Gasteiger charge is 2.44. The number of nitrogens with zero attached hydrogens (tertiary/aromatic N) is 1. The smallest absolute Gasteiger partial charge is 0.0152 e. The summed E-state index contributed by atoms with van der Waals surface area (Å²) in [6.07, 6.45) is 10.6. The van der Waals surface area contributed by atoms with E-state index >= 15 is 0 Å². The molecule has 1 aliphatic heterocycles. The standard InChI is InChI=1S/C14H25N/c1-11-10-12-6-2-3-7-13(12)14(11)15-8-4-5-9-15/h11-14H,2-10H2,1H3. The zero-order valence-corrected chi connectivity index (χ0v) is 10.1. The molecule has 4 unspecified atom stereocenters. The van der Waals surface area contributed by atoms with Crippen molar-refractivity contribution in [2.75, 3.05) is 13.1 Å². The van der Waals surface area contributed by atoms with Crippen LogP contribution in [-0.4, -0.2) is 24.0 Å². The second kappa shape index (κ2) is 4.08. The second-order valence-electron chi connectivity index (χ2n) is 6.16. The van der Waals surface area contributed by atoms with Gasteiger partial charge in [-0.05, 0) is 56.5 Å². The molecule has 3 rings (SSSR count). The summed E-state index contributed by atoms with van der Waals surface area (Å²) in [6.45, 7) is 5.32. The summed E-state index contributed by atoms with van der Waals surface area (Å²) in [7, 11) is 0. The van der Waals surface area contributed by atoms with E-state index in [-0.39, 0.29) is 0 Å². The minimum atomic E-state index is 0.970. The van der Waals surface area contributed by atoms with Crippen molar-refractivity contribution in [1.29, 1.82) is 0 Å². The Morgan fingerprint density at radius 1 is 0.933 bits per heavy atom. The lowest BCUT2D eigenvalue weighted by atomic mass is 9.80. The molecule has 4 atom stereocenters. The van der Waals surface area contributed by atoms with Gasteiger partial charge in [0.2, 0.25) is 0 Å². The molecule has 0 N–H and O–H groups in total. The van der Waals surface area contributed by atoms with Gasteiger partial charge in [-0.15, -0.1) is 0 Å². The Morgan fingerprint density at radius 3 is 2.47 bits per heavy atom. The Bertz CT molecular complexity index is 219. The Labute approximate surface area is 94.2 Å². The predicted octanol–water partition coefficient (Wildman–Crippen LogP) is 3.30. The van der Waals surface area contributed by atoms with Crippen molar-refractivity contribution < 1.29 is 0 Å². The van der Waals surface area contributed by atoms with Crippen LogP contribution in [0.4, 0.5) is 0 Å². The number of rotatable bonds is 1. The first-order chi connectivity index (χ1) is 7.36. The van der Waals surface area contributed by atoms with Crippen LogP contribution < -0.4 is 0 Å². The lowest BCUT2D eigenvalue weighted by Gasteiger charge is -2.35. The number of hydrogen-bond donors (Lipinski definition) is 0. The fourth-order valence-electron chi connectivity index (χ4n) is 4.69. The Morgan fingerprint density at radius 2 is 1.67 bits per heavy atom. The third-order valence-electron chi connectivity index (χ3n) is 5.23. The molecule has 3 fully saturated rings. The molecule has 2 aliphatic carbocycles. The fourth-order valence-corrected chi connectivity index (χ4v) is 4.69. The van der Waals surface area contributed by atoms with Crippen molar-refractivity contribution >= 4 is 0 Å². The van der Waals surface area contributed by atoms with Gasteiger partial charge in [-0.3, -0.25) is 4.90 Å². The van der Waals surface area contributed by atoms with E-state index in [1.165, 1.54) is 51.6 Å². The van der Waals surface area contributed by atoms with E-state index < -0.39 is 0 Å². The molecule has 0 aromatic rings. The van der Waals surface area contributed by atoms with E-state index in [1.807, 2.05) is 0 Å². The van der Waals surface area contributed by atoms with Crippen molar-refractivity contribution in [3.05, 3.63) is 0 Å². The van der Waals surface area contributed by atoms with Crippen LogP contribution in [0.15, 0.2) is 0 Å². The van der Waals surface area contributed by atoms with Crippen LogP contribution in [-0.2, 0) is 0 Å². The minimum Gasteiger partial charge on any atom is -0.300 e. The molecule has 2 saturated carbocycles. The normalized spacial score (nSPS) is 47.0. The Balaban J connectivity index is 1.74. The predicted molar refractivity (Wildman–Crippen MR) is 63.8 cm³/mol. The third-order valence-corrected chi connectivity index (χ3v) is 5.23. The van der Waals surface area contributed by atoms with Crippen molar-refractivity contribution in [1.82, 2.24) is 4.90 Å². The van der Waals surface area contributed by atoms with Gasteiger partial charge in [0, 0.05) is 6.04 Å². The zero-order chi connectivity index (χ0) is 10.3.